The summed E-state index contributed by atoms with van der Waals surface area (Å²) in [4.78, 5) is 0. The molecule has 0 aromatic heterocycles. The molecule has 1 rings (SSSR count). The summed E-state index contributed by atoms with van der Waals surface area (Å²) < 4.78 is 5.98. The Morgan fingerprint density at radius 3 is 2.47 bits per heavy atom. The van der Waals surface area contributed by atoms with Crippen LogP contribution in [0.5, 0.6) is 0 Å². The maximum absolute atomic E-state index is 5.98. The first-order valence-electron chi connectivity index (χ1n) is 7.37. The van der Waals surface area contributed by atoms with Crippen molar-refractivity contribution < 1.29 is 4.74 Å². The quantitative estimate of drug-likeness (QED) is 0.797. The van der Waals surface area contributed by atoms with Crippen LogP contribution in [0.25, 0.3) is 0 Å². The van der Waals surface area contributed by atoms with Gasteiger partial charge in [0.15, 0.2) is 0 Å². The highest BCUT2D eigenvalue weighted by Gasteiger charge is 2.31. The summed E-state index contributed by atoms with van der Waals surface area (Å²) in [7, 11) is 0. The second kappa shape index (κ2) is 7.06. The van der Waals surface area contributed by atoms with Gasteiger partial charge in [0, 0.05) is 6.61 Å². The summed E-state index contributed by atoms with van der Waals surface area (Å²) in [5, 5.41) is 3.65. The van der Waals surface area contributed by atoms with E-state index in [1.807, 2.05) is 0 Å². The maximum atomic E-state index is 5.98. The molecule has 0 fully saturated rings. The fraction of sp³-hybridized carbons (Fsp3) is 0.647. The molecule has 2 nitrogen and oxygen atoms in total. The first-order valence-corrected chi connectivity index (χ1v) is 7.37. The Balaban J connectivity index is 3.12. The minimum Gasteiger partial charge on any atom is -0.374 e. The lowest BCUT2D eigenvalue weighted by Crippen LogP contribution is -2.42. The zero-order valence-electron chi connectivity index (χ0n) is 13.3. The van der Waals surface area contributed by atoms with E-state index < -0.39 is 0 Å². The molecule has 1 unspecified atom stereocenters. The van der Waals surface area contributed by atoms with Gasteiger partial charge in [0.2, 0.25) is 0 Å². The Bertz CT molecular complexity index is 398. The summed E-state index contributed by atoms with van der Waals surface area (Å²) in [6.45, 7) is 14.7. The summed E-state index contributed by atoms with van der Waals surface area (Å²) in [5.41, 5.74) is 3.85. The van der Waals surface area contributed by atoms with Gasteiger partial charge >= 0.3 is 0 Å². The van der Waals surface area contributed by atoms with Gasteiger partial charge in [0.1, 0.15) is 0 Å². The molecule has 0 amide bonds. The van der Waals surface area contributed by atoms with Crippen LogP contribution in [0.15, 0.2) is 18.2 Å². The molecule has 1 N–H and O–H groups in total. The minimum atomic E-state index is -0.206. The molecule has 0 saturated carbocycles. The normalized spacial score (nSPS) is 13.6. The molecule has 2 heteroatoms. The zero-order chi connectivity index (χ0) is 14.5. The molecule has 19 heavy (non-hydrogen) atoms. The number of rotatable bonds is 7. The Labute approximate surface area is 118 Å². The van der Waals surface area contributed by atoms with E-state index in [0.29, 0.717) is 0 Å². The second-order valence-corrected chi connectivity index (χ2v) is 5.71. The molecule has 0 saturated heterocycles. The number of hydrogen-bond donors (Lipinski definition) is 1. The van der Waals surface area contributed by atoms with Crippen LogP contribution in [0.1, 0.15) is 56.8 Å². The first-order chi connectivity index (χ1) is 8.94. The van der Waals surface area contributed by atoms with Crippen LogP contribution < -0.4 is 5.32 Å². The molecule has 0 spiro atoms. The average molecular weight is 263 g/mol. The van der Waals surface area contributed by atoms with Gasteiger partial charge in [-0.05, 0) is 64.3 Å². The van der Waals surface area contributed by atoms with Gasteiger partial charge in [0.25, 0.3) is 0 Å². The predicted octanol–water partition coefficient (Wildman–Crippen LogP) is 4.16. The molecule has 1 aromatic carbocycles. The largest absolute Gasteiger partial charge is 0.374 e. The number of ether oxygens (including phenoxy) is 1. The molecule has 1 aromatic rings. The summed E-state index contributed by atoms with van der Waals surface area (Å²) >= 11 is 0. The van der Waals surface area contributed by atoms with Gasteiger partial charge in [-0.2, -0.15) is 0 Å². The van der Waals surface area contributed by atoms with Crippen LogP contribution in [0.2, 0.25) is 0 Å². The van der Waals surface area contributed by atoms with Crippen LogP contribution >= 0.6 is 0 Å². The number of benzene rings is 1. The van der Waals surface area contributed by atoms with Crippen molar-refractivity contribution >= 4 is 0 Å². The van der Waals surface area contributed by atoms with Crippen molar-refractivity contribution in [1.29, 1.82) is 0 Å². The van der Waals surface area contributed by atoms with Gasteiger partial charge in [-0.1, -0.05) is 25.1 Å². The monoisotopic (exact) mass is 263 g/mol. The third-order valence-electron chi connectivity index (χ3n) is 3.77. The van der Waals surface area contributed by atoms with Crippen LogP contribution in [0.3, 0.4) is 0 Å². The molecule has 0 heterocycles. The van der Waals surface area contributed by atoms with E-state index >= 15 is 0 Å². The number of hydrogen-bond acceptors (Lipinski definition) is 2. The summed E-state index contributed by atoms with van der Waals surface area (Å²) in [5.74, 6) is 0. The van der Waals surface area contributed by atoms with Gasteiger partial charge in [-0.15, -0.1) is 0 Å². The van der Waals surface area contributed by atoms with Crippen LogP contribution in [0, 0.1) is 13.8 Å². The van der Waals surface area contributed by atoms with E-state index in [4.69, 9.17) is 4.74 Å². The summed E-state index contributed by atoms with van der Waals surface area (Å²) in [6.07, 6.45) is 1.13. The van der Waals surface area contributed by atoms with Crippen LogP contribution in [0.4, 0.5) is 0 Å². The highest BCUT2D eigenvalue weighted by atomic mass is 16.5. The third kappa shape index (κ3) is 4.05. The Hall–Kier alpha value is -0.860. The van der Waals surface area contributed by atoms with E-state index in [9.17, 15) is 0 Å². The highest BCUT2D eigenvalue weighted by molar-refractivity contribution is 5.36. The number of aryl methyl sites for hydroxylation is 1. The van der Waals surface area contributed by atoms with E-state index in [-0.39, 0.29) is 11.6 Å². The summed E-state index contributed by atoms with van der Waals surface area (Å²) in [6, 6.07) is 6.76. The molecule has 0 aliphatic heterocycles. The molecule has 1 atom stereocenters. The molecule has 0 radical (unpaired) electrons. The fourth-order valence-electron chi connectivity index (χ4n) is 2.56. The molecule has 0 aliphatic carbocycles. The van der Waals surface area contributed by atoms with Crippen molar-refractivity contribution in [2.45, 2.75) is 59.6 Å². The van der Waals surface area contributed by atoms with Gasteiger partial charge < -0.3 is 10.1 Å². The van der Waals surface area contributed by atoms with Crippen LogP contribution in [-0.4, -0.2) is 18.8 Å². The van der Waals surface area contributed by atoms with Crippen molar-refractivity contribution in [3.63, 3.8) is 0 Å². The first kappa shape index (κ1) is 16.2. The molecule has 0 aliphatic rings. The fourth-order valence-corrected chi connectivity index (χ4v) is 2.56. The van der Waals surface area contributed by atoms with Gasteiger partial charge in [-0.3, -0.25) is 0 Å². The Morgan fingerprint density at radius 1 is 1.21 bits per heavy atom. The lowest BCUT2D eigenvalue weighted by molar-refractivity contribution is -0.0393. The smallest absolute Gasteiger partial charge is 0.0820 e. The van der Waals surface area contributed by atoms with Crippen molar-refractivity contribution in [3.8, 4) is 0 Å². The SMILES string of the molecule is CCCNC(c1cccc(C)c1C)C(C)(C)OCC. The Morgan fingerprint density at radius 2 is 1.89 bits per heavy atom. The molecule has 0 bridgehead atoms. The lowest BCUT2D eigenvalue weighted by Gasteiger charge is -2.36. The van der Waals surface area contributed by atoms with Crippen molar-refractivity contribution in [3.05, 3.63) is 34.9 Å². The molecule has 108 valence electrons. The van der Waals surface area contributed by atoms with Crippen molar-refractivity contribution in [2.75, 3.05) is 13.2 Å². The standard InChI is InChI=1S/C17H29NO/c1-7-12-18-16(17(5,6)19-8-2)15-11-9-10-13(3)14(15)4/h9-11,16,18H,7-8,12H2,1-6H3. The van der Waals surface area contributed by atoms with E-state index in [2.05, 4.69) is 65.1 Å². The minimum absolute atomic E-state index is 0.206. The Kier molecular flexibility index (Phi) is 6.02. The third-order valence-corrected chi connectivity index (χ3v) is 3.77. The van der Waals surface area contributed by atoms with E-state index in [1.165, 1.54) is 16.7 Å². The van der Waals surface area contributed by atoms with E-state index in [1.54, 1.807) is 0 Å². The highest BCUT2D eigenvalue weighted by Crippen LogP contribution is 2.32. The predicted molar refractivity (Wildman–Crippen MR) is 82.7 cm³/mol. The van der Waals surface area contributed by atoms with Crippen molar-refractivity contribution in [1.82, 2.24) is 5.32 Å². The van der Waals surface area contributed by atoms with Gasteiger partial charge in [-0.25, -0.2) is 0 Å². The van der Waals surface area contributed by atoms with Crippen LogP contribution in [-0.2, 0) is 4.74 Å². The van der Waals surface area contributed by atoms with E-state index in [0.717, 1.165) is 19.6 Å². The topological polar surface area (TPSA) is 21.3 Å². The lowest BCUT2D eigenvalue weighted by atomic mass is 9.87. The average Bonchev–Trinajstić information content (AvgIpc) is 2.34. The maximum Gasteiger partial charge on any atom is 0.0820 e. The van der Waals surface area contributed by atoms with Crippen molar-refractivity contribution in [2.24, 2.45) is 0 Å². The molecular formula is C17H29NO. The van der Waals surface area contributed by atoms with Gasteiger partial charge in [0.05, 0.1) is 11.6 Å². The second-order valence-electron chi connectivity index (χ2n) is 5.71. The molecular weight excluding hydrogens is 234 g/mol. The number of nitrogens with one attached hydrogen (secondary N) is 1. The zero-order valence-corrected chi connectivity index (χ0v) is 13.3.